The van der Waals surface area contributed by atoms with Gasteiger partial charge in [0, 0.05) is 25.1 Å². The summed E-state index contributed by atoms with van der Waals surface area (Å²) in [5.41, 5.74) is 1.76. The Kier molecular flexibility index (Phi) is 5.45. The number of hydrogen-bond donors (Lipinski definition) is 1. The number of thiazole rings is 1. The Bertz CT molecular complexity index is 1030. The molecular formula is C19H21N5O4S. The summed E-state index contributed by atoms with van der Waals surface area (Å²) in [6.45, 7) is 4.90. The van der Waals surface area contributed by atoms with Gasteiger partial charge in [-0.3, -0.25) is 4.79 Å². The van der Waals surface area contributed by atoms with Gasteiger partial charge in [0.15, 0.2) is 5.13 Å². The monoisotopic (exact) mass is 415 g/mol. The number of nitrogens with one attached hydrogen (secondary N) is 1. The zero-order chi connectivity index (χ0) is 20.4. The van der Waals surface area contributed by atoms with Gasteiger partial charge < -0.3 is 19.2 Å². The van der Waals surface area contributed by atoms with Crippen LogP contribution in [0.5, 0.6) is 0 Å². The second-order valence-electron chi connectivity index (χ2n) is 6.92. The molecule has 1 atom stereocenters. The van der Waals surface area contributed by atoms with Crippen molar-refractivity contribution in [3.63, 3.8) is 0 Å². The highest BCUT2D eigenvalue weighted by atomic mass is 32.1. The van der Waals surface area contributed by atoms with Crippen molar-refractivity contribution in [3.8, 4) is 0 Å². The first-order valence-electron chi connectivity index (χ1n) is 9.25. The van der Waals surface area contributed by atoms with E-state index in [9.17, 15) is 9.59 Å². The highest BCUT2D eigenvalue weighted by Gasteiger charge is 2.34. The minimum atomic E-state index is -0.475. The molecule has 1 fully saturated rings. The Morgan fingerprint density at radius 2 is 2.28 bits per heavy atom. The Labute approximate surface area is 171 Å². The molecule has 4 rings (SSSR count). The highest BCUT2D eigenvalue weighted by Crippen LogP contribution is 2.27. The Balaban J connectivity index is 1.35. The molecule has 0 bridgehead atoms. The Morgan fingerprint density at radius 3 is 3.10 bits per heavy atom. The van der Waals surface area contributed by atoms with Crippen molar-refractivity contribution in [2.45, 2.75) is 32.6 Å². The minimum absolute atomic E-state index is 0.0621. The summed E-state index contributed by atoms with van der Waals surface area (Å²) in [6, 6.07) is 3.84. The summed E-state index contributed by atoms with van der Waals surface area (Å²) in [6.07, 6.45) is 6.19. The smallest absolute Gasteiger partial charge is 0.416 e. The lowest BCUT2D eigenvalue weighted by atomic mass is 10.2. The van der Waals surface area contributed by atoms with E-state index >= 15 is 0 Å². The zero-order valence-electron chi connectivity index (χ0n) is 16.1. The van der Waals surface area contributed by atoms with Gasteiger partial charge in [-0.1, -0.05) is 11.3 Å². The molecule has 1 unspecified atom stereocenters. The van der Waals surface area contributed by atoms with Crippen LogP contribution in [0, 0.1) is 0 Å². The second-order valence-corrected chi connectivity index (χ2v) is 7.93. The maximum absolute atomic E-state index is 12.5. The van der Waals surface area contributed by atoms with E-state index in [1.165, 1.54) is 11.1 Å². The van der Waals surface area contributed by atoms with Crippen molar-refractivity contribution in [3.05, 3.63) is 47.4 Å². The lowest BCUT2D eigenvalue weighted by Crippen LogP contribution is -2.26. The SMILES string of the molecule is CC(C)OCC1CN(c2ncc(C(=O)NCc3ccn4ccnc4c3)s2)C(=O)O1. The summed E-state index contributed by atoms with van der Waals surface area (Å²) < 4.78 is 12.7. The van der Waals surface area contributed by atoms with E-state index in [1.807, 2.05) is 42.8 Å². The van der Waals surface area contributed by atoms with Gasteiger partial charge in [-0.15, -0.1) is 0 Å². The molecule has 1 aliphatic rings. The molecular weight excluding hydrogens is 394 g/mol. The van der Waals surface area contributed by atoms with E-state index in [0.29, 0.717) is 29.7 Å². The van der Waals surface area contributed by atoms with Crippen LogP contribution in [0.15, 0.2) is 36.9 Å². The van der Waals surface area contributed by atoms with Crippen molar-refractivity contribution < 1.29 is 19.1 Å². The minimum Gasteiger partial charge on any atom is -0.441 e. The lowest BCUT2D eigenvalue weighted by molar-refractivity contribution is 0.0153. The second kappa shape index (κ2) is 8.18. The summed E-state index contributed by atoms with van der Waals surface area (Å²) in [5.74, 6) is -0.246. The molecule has 3 aromatic heterocycles. The molecule has 0 radical (unpaired) electrons. The number of fused-ring (bicyclic) bond motifs is 1. The number of hydrogen-bond acceptors (Lipinski definition) is 7. The van der Waals surface area contributed by atoms with Gasteiger partial charge in [0.25, 0.3) is 5.91 Å². The predicted molar refractivity (Wildman–Crippen MR) is 107 cm³/mol. The normalized spacial score (nSPS) is 16.6. The molecule has 29 heavy (non-hydrogen) atoms. The van der Waals surface area contributed by atoms with Gasteiger partial charge >= 0.3 is 6.09 Å². The molecule has 0 saturated carbocycles. The third-order valence-corrected chi connectivity index (χ3v) is 5.37. The lowest BCUT2D eigenvalue weighted by Gasteiger charge is -2.11. The fourth-order valence-electron chi connectivity index (χ4n) is 2.89. The molecule has 3 aromatic rings. The first-order valence-corrected chi connectivity index (χ1v) is 10.1. The number of carbonyl (C=O) groups is 2. The Hall–Kier alpha value is -2.98. The number of ether oxygens (including phenoxy) is 2. The van der Waals surface area contributed by atoms with Crippen molar-refractivity contribution in [1.82, 2.24) is 19.7 Å². The first-order chi connectivity index (χ1) is 14.0. The summed E-state index contributed by atoms with van der Waals surface area (Å²) in [7, 11) is 0. The summed E-state index contributed by atoms with van der Waals surface area (Å²) in [4.78, 5) is 34.9. The molecule has 10 heteroatoms. The third kappa shape index (κ3) is 4.38. The number of imidazole rings is 1. The molecule has 1 N–H and O–H groups in total. The van der Waals surface area contributed by atoms with Crippen molar-refractivity contribution >= 4 is 34.1 Å². The molecule has 0 aromatic carbocycles. The number of amides is 2. The Morgan fingerprint density at radius 1 is 1.41 bits per heavy atom. The number of rotatable bonds is 7. The van der Waals surface area contributed by atoms with Gasteiger partial charge in [-0.2, -0.15) is 0 Å². The van der Waals surface area contributed by atoms with Gasteiger partial charge in [-0.25, -0.2) is 19.7 Å². The average Bonchev–Trinajstić information content (AvgIpc) is 3.43. The van der Waals surface area contributed by atoms with Crippen LogP contribution in [0.4, 0.5) is 9.93 Å². The molecule has 1 aliphatic heterocycles. The van der Waals surface area contributed by atoms with Crippen LogP contribution in [0.25, 0.3) is 5.65 Å². The molecule has 9 nitrogen and oxygen atoms in total. The molecule has 1 saturated heterocycles. The zero-order valence-corrected chi connectivity index (χ0v) is 16.9. The fourth-order valence-corrected chi connectivity index (χ4v) is 3.72. The van der Waals surface area contributed by atoms with E-state index in [1.54, 1.807) is 6.20 Å². The third-order valence-electron chi connectivity index (χ3n) is 4.35. The number of nitrogens with zero attached hydrogens (tertiary/aromatic N) is 4. The number of aromatic nitrogens is 3. The summed E-state index contributed by atoms with van der Waals surface area (Å²) in [5, 5.41) is 3.30. The van der Waals surface area contributed by atoms with E-state index < -0.39 is 6.09 Å². The van der Waals surface area contributed by atoms with Gasteiger partial charge in [0.1, 0.15) is 16.6 Å². The topological polar surface area (TPSA) is 98.1 Å². The van der Waals surface area contributed by atoms with Crippen LogP contribution in [-0.2, 0) is 16.0 Å². The first kappa shape index (κ1) is 19.3. The van der Waals surface area contributed by atoms with Crippen LogP contribution in [0.3, 0.4) is 0 Å². The van der Waals surface area contributed by atoms with E-state index in [-0.39, 0.29) is 18.1 Å². The van der Waals surface area contributed by atoms with Crippen molar-refractivity contribution in [2.75, 3.05) is 18.1 Å². The highest BCUT2D eigenvalue weighted by molar-refractivity contribution is 7.17. The van der Waals surface area contributed by atoms with Crippen LogP contribution in [-0.4, -0.2) is 51.7 Å². The van der Waals surface area contributed by atoms with E-state index in [4.69, 9.17) is 9.47 Å². The molecule has 0 spiro atoms. The predicted octanol–water partition coefficient (Wildman–Crippen LogP) is 2.47. The molecule has 0 aliphatic carbocycles. The number of pyridine rings is 1. The standard InChI is InChI=1S/C19H21N5O4S/c1-12(2)27-11-14-10-24(19(26)28-14)18-22-9-15(29-18)17(25)21-8-13-3-5-23-6-4-20-16(23)7-13/h3-7,9,12,14H,8,10-11H2,1-2H3,(H,21,25). The number of carbonyl (C=O) groups excluding carboxylic acids is 2. The summed E-state index contributed by atoms with van der Waals surface area (Å²) >= 11 is 1.15. The quantitative estimate of drug-likeness (QED) is 0.637. The fraction of sp³-hybridized carbons (Fsp3) is 0.368. The van der Waals surface area contributed by atoms with Crippen molar-refractivity contribution in [1.29, 1.82) is 0 Å². The largest absolute Gasteiger partial charge is 0.441 e. The van der Waals surface area contributed by atoms with Crippen LogP contribution in [0.2, 0.25) is 0 Å². The molecule has 4 heterocycles. The van der Waals surface area contributed by atoms with E-state index in [0.717, 1.165) is 22.5 Å². The maximum Gasteiger partial charge on any atom is 0.416 e. The average molecular weight is 415 g/mol. The van der Waals surface area contributed by atoms with Gasteiger partial charge in [-0.05, 0) is 31.5 Å². The van der Waals surface area contributed by atoms with Gasteiger partial charge in [0.05, 0.1) is 25.5 Å². The van der Waals surface area contributed by atoms with E-state index in [2.05, 4.69) is 15.3 Å². The number of cyclic esters (lactones) is 1. The van der Waals surface area contributed by atoms with Crippen LogP contribution >= 0.6 is 11.3 Å². The van der Waals surface area contributed by atoms with Gasteiger partial charge in [0.2, 0.25) is 0 Å². The van der Waals surface area contributed by atoms with Crippen LogP contribution in [0.1, 0.15) is 29.1 Å². The van der Waals surface area contributed by atoms with Crippen molar-refractivity contribution in [2.24, 2.45) is 0 Å². The molecule has 152 valence electrons. The maximum atomic E-state index is 12.5. The van der Waals surface area contributed by atoms with Crippen LogP contribution < -0.4 is 10.2 Å². The number of anilines is 1. The molecule has 2 amide bonds.